The smallest absolute Gasteiger partial charge is 0.255 e. The summed E-state index contributed by atoms with van der Waals surface area (Å²) in [6.45, 7) is 0. The monoisotopic (exact) mass is 406 g/mol. The van der Waals surface area contributed by atoms with Crippen molar-refractivity contribution in [2.45, 2.75) is 12.5 Å². The van der Waals surface area contributed by atoms with E-state index in [1.54, 1.807) is 30.0 Å². The van der Waals surface area contributed by atoms with Gasteiger partial charge in [-0.15, -0.1) is 0 Å². The van der Waals surface area contributed by atoms with E-state index < -0.39 is 0 Å². The summed E-state index contributed by atoms with van der Waals surface area (Å²) in [5.41, 5.74) is 2.18. The largest absolute Gasteiger partial charge is 0.342 e. The van der Waals surface area contributed by atoms with Crippen LogP contribution >= 0.6 is 11.8 Å². The van der Waals surface area contributed by atoms with Gasteiger partial charge >= 0.3 is 0 Å². The minimum absolute atomic E-state index is 0.202. The molecule has 0 saturated carbocycles. The summed E-state index contributed by atoms with van der Waals surface area (Å²) in [4.78, 5) is 32.7. The van der Waals surface area contributed by atoms with Gasteiger partial charge in [-0.2, -0.15) is 11.8 Å². The molecule has 0 aliphatic carbocycles. The van der Waals surface area contributed by atoms with Gasteiger partial charge in [-0.05, 0) is 36.6 Å². The maximum atomic E-state index is 13.2. The van der Waals surface area contributed by atoms with Crippen LogP contribution in [0.4, 0.5) is 0 Å². The van der Waals surface area contributed by atoms with E-state index in [4.69, 9.17) is 4.98 Å². The quantitative estimate of drug-likeness (QED) is 0.512. The standard InChI is InChI=1S/C22H22N4O2S/c1-26-19-10-6-5-9-17(19)24-20(26)18(11-12-29-2)25-22(28)16-13-23-21(27)15-8-4-3-7-14(15)16/h3-10,13,18H,11-12H2,1-2H3,(H,23,27)(H,25,28)/t18-/m0/s1. The SMILES string of the molecule is CSCC[C@H](NC(=O)c1c[nH]c(=O)c2ccccc12)c1nc2ccccc2n1C. The van der Waals surface area contributed by atoms with Gasteiger partial charge in [-0.1, -0.05) is 30.3 Å². The number of hydrogen-bond acceptors (Lipinski definition) is 4. The number of H-pyrrole nitrogens is 1. The third kappa shape index (κ3) is 3.65. The number of rotatable bonds is 6. The number of para-hydroxylation sites is 2. The third-order valence-corrected chi connectivity index (χ3v) is 5.75. The summed E-state index contributed by atoms with van der Waals surface area (Å²) >= 11 is 1.73. The van der Waals surface area contributed by atoms with Crippen LogP contribution in [0.25, 0.3) is 21.8 Å². The van der Waals surface area contributed by atoms with E-state index in [2.05, 4.69) is 10.3 Å². The Bertz CT molecular complexity index is 1240. The van der Waals surface area contributed by atoms with E-state index in [-0.39, 0.29) is 17.5 Å². The minimum Gasteiger partial charge on any atom is -0.342 e. The second-order valence-electron chi connectivity index (χ2n) is 6.90. The number of carbonyl (C=O) groups excluding carboxylic acids is 1. The lowest BCUT2D eigenvalue weighted by molar-refractivity contribution is 0.0935. The van der Waals surface area contributed by atoms with E-state index in [0.29, 0.717) is 16.3 Å². The predicted octanol–water partition coefficient (Wildman–Crippen LogP) is 3.64. The van der Waals surface area contributed by atoms with Gasteiger partial charge < -0.3 is 14.9 Å². The Balaban J connectivity index is 1.72. The zero-order valence-electron chi connectivity index (χ0n) is 16.3. The predicted molar refractivity (Wildman–Crippen MR) is 118 cm³/mol. The molecule has 2 N–H and O–H groups in total. The minimum atomic E-state index is -0.238. The van der Waals surface area contributed by atoms with Gasteiger partial charge in [0, 0.05) is 24.0 Å². The maximum Gasteiger partial charge on any atom is 0.255 e. The highest BCUT2D eigenvalue weighted by Gasteiger charge is 2.22. The molecule has 0 aliphatic heterocycles. The van der Waals surface area contributed by atoms with Crippen molar-refractivity contribution in [1.82, 2.24) is 19.9 Å². The number of benzene rings is 2. The van der Waals surface area contributed by atoms with Crippen molar-refractivity contribution in [3.05, 3.63) is 76.5 Å². The van der Waals surface area contributed by atoms with Crippen molar-refractivity contribution in [2.24, 2.45) is 7.05 Å². The molecule has 2 heterocycles. The van der Waals surface area contributed by atoms with Gasteiger partial charge in [0.15, 0.2) is 0 Å². The topological polar surface area (TPSA) is 79.8 Å². The first-order valence-electron chi connectivity index (χ1n) is 9.41. The molecular weight excluding hydrogens is 384 g/mol. The molecule has 2 aromatic heterocycles. The van der Waals surface area contributed by atoms with E-state index >= 15 is 0 Å². The number of carbonyl (C=O) groups is 1. The molecule has 0 radical (unpaired) electrons. The molecule has 148 valence electrons. The number of nitrogens with zero attached hydrogens (tertiary/aromatic N) is 2. The summed E-state index contributed by atoms with van der Waals surface area (Å²) in [5.74, 6) is 1.48. The number of amides is 1. The molecule has 0 unspecified atom stereocenters. The molecule has 2 aromatic carbocycles. The van der Waals surface area contributed by atoms with Crippen LogP contribution in [-0.4, -0.2) is 32.5 Å². The maximum absolute atomic E-state index is 13.2. The fraction of sp³-hybridized carbons (Fsp3) is 0.227. The number of imidazole rings is 1. The van der Waals surface area contributed by atoms with Crippen LogP contribution in [0.1, 0.15) is 28.6 Å². The Morgan fingerprint density at radius 3 is 2.66 bits per heavy atom. The average Bonchev–Trinajstić information content (AvgIpc) is 3.08. The number of aryl methyl sites for hydroxylation is 1. The Morgan fingerprint density at radius 1 is 1.17 bits per heavy atom. The first kappa shape index (κ1) is 19.3. The van der Waals surface area contributed by atoms with Gasteiger partial charge in [0.25, 0.3) is 11.5 Å². The van der Waals surface area contributed by atoms with Gasteiger partial charge in [-0.25, -0.2) is 4.98 Å². The van der Waals surface area contributed by atoms with Crippen LogP contribution < -0.4 is 10.9 Å². The molecule has 4 rings (SSSR count). The van der Waals surface area contributed by atoms with Crippen LogP contribution in [0.3, 0.4) is 0 Å². The highest BCUT2D eigenvalue weighted by Crippen LogP contribution is 2.24. The van der Waals surface area contributed by atoms with Crippen molar-refractivity contribution in [3.63, 3.8) is 0 Å². The van der Waals surface area contributed by atoms with Gasteiger partial charge in [0.05, 0.1) is 22.6 Å². The number of aromatic nitrogens is 3. The number of aromatic amines is 1. The summed E-state index contributed by atoms with van der Waals surface area (Å²) in [6.07, 6.45) is 4.29. The number of fused-ring (bicyclic) bond motifs is 2. The second-order valence-corrected chi connectivity index (χ2v) is 7.89. The van der Waals surface area contributed by atoms with E-state index in [1.165, 1.54) is 6.20 Å². The molecule has 1 amide bonds. The average molecular weight is 407 g/mol. The molecule has 6 nitrogen and oxygen atoms in total. The zero-order valence-corrected chi connectivity index (χ0v) is 17.1. The molecular formula is C22H22N4O2S. The fourth-order valence-electron chi connectivity index (χ4n) is 3.61. The number of pyridine rings is 1. The number of hydrogen-bond donors (Lipinski definition) is 2. The number of nitrogens with one attached hydrogen (secondary N) is 2. The molecule has 0 fully saturated rings. The van der Waals surface area contributed by atoms with E-state index in [1.807, 2.05) is 48.2 Å². The van der Waals surface area contributed by atoms with E-state index in [0.717, 1.165) is 29.0 Å². The third-order valence-electron chi connectivity index (χ3n) is 5.10. The molecule has 0 spiro atoms. The lowest BCUT2D eigenvalue weighted by Crippen LogP contribution is -2.31. The molecule has 0 saturated heterocycles. The van der Waals surface area contributed by atoms with Crippen molar-refractivity contribution < 1.29 is 4.79 Å². The van der Waals surface area contributed by atoms with Gasteiger partial charge in [0.2, 0.25) is 0 Å². The van der Waals surface area contributed by atoms with Crippen LogP contribution in [-0.2, 0) is 7.05 Å². The molecule has 1 atom stereocenters. The zero-order chi connectivity index (χ0) is 20.4. The molecule has 0 aliphatic rings. The fourth-order valence-corrected chi connectivity index (χ4v) is 4.08. The normalized spacial score (nSPS) is 12.3. The summed E-state index contributed by atoms with van der Waals surface area (Å²) < 4.78 is 2.03. The highest BCUT2D eigenvalue weighted by molar-refractivity contribution is 7.98. The second kappa shape index (κ2) is 8.13. The van der Waals surface area contributed by atoms with Crippen molar-refractivity contribution >= 4 is 39.5 Å². The van der Waals surface area contributed by atoms with Crippen LogP contribution in [0.15, 0.2) is 59.5 Å². The van der Waals surface area contributed by atoms with Crippen molar-refractivity contribution in [3.8, 4) is 0 Å². The molecule has 7 heteroatoms. The Morgan fingerprint density at radius 2 is 1.90 bits per heavy atom. The van der Waals surface area contributed by atoms with Crippen LogP contribution in [0.2, 0.25) is 0 Å². The number of thioether (sulfide) groups is 1. The lowest BCUT2D eigenvalue weighted by Gasteiger charge is -2.19. The van der Waals surface area contributed by atoms with Gasteiger partial charge in [0.1, 0.15) is 5.82 Å². The van der Waals surface area contributed by atoms with Crippen molar-refractivity contribution in [2.75, 3.05) is 12.0 Å². The van der Waals surface area contributed by atoms with Crippen molar-refractivity contribution in [1.29, 1.82) is 0 Å². The summed E-state index contributed by atoms with van der Waals surface area (Å²) in [5, 5.41) is 4.28. The highest BCUT2D eigenvalue weighted by atomic mass is 32.2. The van der Waals surface area contributed by atoms with Crippen LogP contribution in [0, 0.1) is 0 Å². The Labute approximate surface area is 172 Å². The molecule has 4 aromatic rings. The molecule has 29 heavy (non-hydrogen) atoms. The van der Waals surface area contributed by atoms with E-state index in [9.17, 15) is 9.59 Å². The molecule has 0 bridgehead atoms. The first-order chi connectivity index (χ1) is 14.1. The summed E-state index contributed by atoms with van der Waals surface area (Å²) in [7, 11) is 1.97. The Hall–Kier alpha value is -3.06. The summed E-state index contributed by atoms with van der Waals surface area (Å²) in [6, 6.07) is 14.8. The van der Waals surface area contributed by atoms with Crippen LogP contribution in [0.5, 0.6) is 0 Å². The van der Waals surface area contributed by atoms with Gasteiger partial charge in [-0.3, -0.25) is 9.59 Å². The lowest BCUT2D eigenvalue weighted by atomic mass is 10.1. The first-order valence-corrected chi connectivity index (χ1v) is 10.8. The Kier molecular flexibility index (Phi) is 5.40.